The number of rotatable bonds is 6. The molecular formula is C24H27N3O3. The summed E-state index contributed by atoms with van der Waals surface area (Å²) in [5.41, 5.74) is 2.54. The van der Waals surface area contributed by atoms with Crippen molar-refractivity contribution in [3.63, 3.8) is 0 Å². The number of aromatic amines is 1. The van der Waals surface area contributed by atoms with Gasteiger partial charge in [0.15, 0.2) is 0 Å². The lowest BCUT2D eigenvalue weighted by Gasteiger charge is -2.30. The molecule has 30 heavy (non-hydrogen) atoms. The Hall–Kier alpha value is -3.28. The summed E-state index contributed by atoms with van der Waals surface area (Å²) in [5, 5.41) is 7.21. The van der Waals surface area contributed by atoms with Crippen LogP contribution in [0.2, 0.25) is 0 Å². The van der Waals surface area contributed by atoms with E-state index in [9.17, 15) is 9.59 Å². The summed E-state index contributed by atoms with van der Waals surface area (Å²) >= 11 is 0. The molecule has 0 aliphatic heterocycles. The van der Waals surface area contributed by atoms with Crippen molar-refractivity contribution in [1.29, 1.82) is 0 Å². The molecule has 0 bridgehead atoms. The highest BCUT2D eigenvalue weighted by atomic mass is 16.5. The van der Waals surface area contributed by atoms with Gasteiger partial charge >= 0.3 is 0 Å². The van der Waals surface area contributed by atoms with Gasteiger partial charge in [-0.05, 0) is 49.4 Å². The third-order valence-corrected chi connectivity index (χ3v) is 5.71. The molecule has 6 nitrogen and oxygen atoms in total. The van der Waals surface area contributed by atoms with Gasteiger partial charge in [0.25, 0.3) is 5.91 Å². The fraction of sp³-hybridized carbons (Fsp3) is 0.333. The van der Waals surface area contributed by atoms with Gasteiger partial charge in [-0.2, -0.15) is 0 Å². The fourth-order valence-corrected chi connectivity index (χ4v) is 4.22. The van der Waals surface area contributed by atoms with Gasteiger partial charge < -0.3 is 20.4 Å². The second-order valence-corrected chi connectivity index (χ2v) is 7.88. The second kappa shape index (κ2) is 9.03. The maximum Gasteiger partial charge on any atom is 0.253 e. The van der Waals surface area contributed by atoms with E-state index in [1.165, 1.54) is 0 Å². The highest BCUT2D eigenvalue weighted by Gasteiger charge is 2.25. The van der Waals surface area contributed by atoms with Gasteiger partial charge in [-0.3, -0.25) is 9.59 Å². The average molecular weight is 405 g/mol. The third-order valence-electron chi connectivity index (χ3n) is 5.71. The minimum absolute atomic E-state index is 0.00291. The van der Waals surface area contributed by atoms with E-state index in [-0.39, 0.29) is 23.9 Å². The van der Waals surface area contributed by atoms with Gasteiger partial charge in [-0.25, -0.2) is 0 Å². The molecule has 0 unspecified atom stereocenters. The number of carbonyl (C=O) groups excluding carboxylic acids is 2. The monoisotopic (exact) mass is 405 g/mol. The van der Waals surface area contributed by atoms with Crippen molar-refractivity contribution in [2.24, 2.45) is 0 Å². The molecule has 3 aromatic rings. The molecule has 3 N–H and O–H groups in total. The molecule has 156 valence electrons. The minimum Gasteiger partial charge on any atom is -0.497 e. The molecule has 1 fully saturated rings. The quantitative estimate of drug-likeness (QED) is 0.586. The lowest BCUT2D eigenvalue weighted by molar-refractivity contribution is -0.121. The molecule has 1 aliphatic rings. The Kier molecular flexibility index (Phi) is 6.02. The van der Waals surface area contributed by atoms with Crippen molar-refractivity contribution >= 4 is 22.7 Å². The van der Waals surface area contributed by atoms with Crippen LogP contribution in [0.4, 0.5) is 0 Å². The van der Waals surface area contributed by atoms with Crippen molar-refractivity contribution in [3.8, 4) is 5.75 Å². The van der Waals surface area contributed by atoms with E-state index in [0.717, 1.165) is 47.9 Å². The zero-order valence-electron chi connectivity index (χ0n) is 17.1. The van der Waals surface area contributed by atoms with E-state index in [4.69, 9.17) is 4.74 Å². The molecule has 2 aromatic carbocycles. The van der Waals surface area contributed by atoms with E-state index in [0.29, 0.717) is 12.0 Å². The van der Waals surface area contributed by atoms with Crippen LogP contribution in [0, 0.1) is 0 Å². The first-order chi connectivity index (χ1) is 14.6. The van der Waals surface area contributed by atoms with Crippen molar-refractivity contribution in [3.05, 3.63) is 65.9 Å². The van der Waals surface area contributed by atoms with Gasteiger partial charge in [-0.15, -0.1) is 0 Å². The van der Waals surface area contributed by atoms with Crippen LogP contribution in [0.5, 0.6) is 5.75 Å². The largest absolute Gasteiger partial charge is 0.497 e. The average Bonchev–Trinajstić information content (AvgIpc) is 3.18. The number of amides is 2. The zero-order chi connectivity index (χ0) is 20.9. The van der Waals surface area contributed by atoms with Gasteiger partial charge in [0.1, 0.15) is 5.75 Å². The van der Waals surface area contributed by atoms with Crippen molar-refractivity contribution in [2.45, 2.75) is 44.2 Å². The van der Waals surface area contributed by atoms with Crippen LogP contribution < -0.4 is 15.4 Å². The van der Waals surface area contributed by atoms with Crippen LogP contribution in [-0.2, 0) is 11.2 Å². The predicted molar refractivity (Wildman–Crippen MR) is 117 cm³/mol. The Balaban J connectivity index is 1.32. The maximum absolute atomic E-state index is 12.8. The van der Waals surface area contributed by atoms with Crippen LogP contribution in [0.3, 0.4) is 0 Å². The van der Waals surface area contributed by atoms with Gasteiger partial charge in [-0.1, -0.05) is 30.3 Å². The Morgan fingerprint density at radius 2 is 1.87 bits per heavy atom. The minimum atomic E-state index is -0.0687. The fourth-order valence-electron chi connectivity index (χ4n) is 4.22. The predicted octanol–water partition coefficient (Wildman–Crippen LogP) is 3.58. The highest BCUT2D eigenvalue weighted by Crippen LogP contribution is 2.22. The lowest BCUT2D eigenvalue weighted by atomic mass is 9.90. The summed E-state index contributed by atoms with van der Waals surface area (Å²) < 4.78 is 5.22. The van der Waals surface area contributed by atoms with E-state index in [2.05, 4.69) is 15.6 Å². The number of fused-ring (bicyclic) bond motifs is 1. The smallest absolute Gasteiger partial charge is 0.253 e. The molecular weight excluding hydrogens is 378 g/mol. The first-order valence-corrected chi connectivity index (χ1v) is 10.4. The molecule has 4 rings (SSSR count). The van der Waals surface area contributed by atoms with E-state index in [1.54, 1.807) is 13.3 Å². The Labute approximate surface area is 176 Å². The Morgan fingerprint density at radius 3 is 2.70 bits per heavy atom. The number of H-pyrrole nitrogens is 1. The number of aromatic nitrogens is 1. The summed E-state index contributed by atoms with van der Waals surface area (Å²) in [4.78, 5) is 28.4. The molecule has 2 atom stereocenters. The number of hydrogen-bond donors (Lipinski definition) is 3. The number of nitrogens with one attached hydrogen (secondary N) is 3. The number of carbonyl (C=O) groups is 2. The molecule has 0 radical (unpaired) electrons. The SMILES string of the molecule is COc1cccc(CC(=O)N[C@@H]2CCC[C@@H](NC(=O)c3c[nH]c4ccccc34)C2)c1. The maximum atomic E-state index is 12.8. The molecule has 2 amide bonds. The third kappa shape index (κ3) is 4.64. The lowest BCUT2D eigenvalue weighted by Crippen LogP contribution is -2.46. The standard InChI is InChI=1S/C24H27N3O3/c1-30-19-9-4-6-16(12-19)13-23(28)26-17-7-5-8-18(14-17)27-24(29)21-15-25-22-11-3-2-10-20(21)22/h2-4,6,9-12,15,17-18,25H,5,7-8,13-14H2,1H3,(H,26,28)(H,27,29)/t17-,18-/m1/s1. The van der Waals surface area contributed by atoms with E-state index < -0.39 is 0 Å². The van der Waals surface area contributed by atoms with Crippen LogP contribution in [0.1, 0.15) is 41.6 Å². The molecule has 6 heteroatoms. The first-order valence-electron chi connectivity index (χ1n) is 10.4. The van der Waals surface area contributed by atoms with Gasteiger partial charge in [0.05, 0.1) is 19.1 Å². The van der Waals surface area contributed by atoms with Crippen LogP contribution in [0.25, 0.3) is 10.9 Å². The Bertz CT molecular complexity index is 1040. The van der Waals surface area contributed by atoms with Crippen molar-refractivity contribution in [2.75, 3.05) is 7.11 Å². The molecule has 1 saturated carbocycles. The first kappa shape index (κ1) is 20.0. The molecule has 1 aromatic heterocycles. The molecule has 0 saturated heterocycles. The number of para-hydroxylation sites is 1. The summed E-state index contributed by atoms with van der Waals surface area (Å²) in [5.74, 6) is 0.677. The zero-order valence-corrected chi connectivity index (χ0v) is 17.1. The summed E-state index contributed by atoms with van der Waals surface area (Å²) in [7, 11) is 1.62. The van der Waals surface area contributed by atoms with Gasteiger partial charge in [0, 0.05) is 29.2 Å². The normalized spacial score (nSPS) is 18.7. The summed E-state index contributed by atoms with van der Waals surface area (Å²) in [6, 6.07) is 15.5. The van der Waals surface area contributed by atoms with Crippen molar-refractivity contribution in [1.82, 2.24) is 15.6 Å². The number of methoxy groups -OCH3 is 1. The van der Waals surface area contributed by atoms with E-state index >= 15 is 0 Å². The van der Waals surface area contributed by atoms with Crippen molar-refractivity contribution < 1.29 is 14.3 Å². The highest BCUT2D eigenvalue weighted by molar-refractivity contribution is 6.06. The molecule has 1 aliphatic carbocycles. The number of ether oxygens (including phenoxy) is 1. The summed E-state index contributed by atoms with van der Waals surface area (Å²) in [6.07, 6.45) is 5.66. The topological polar surface area (TPSA) is 83.2 Å². The van der Waals surface area contributed by atoms with Crippen LogP contribution in [0.15, 0.2) is 54.7 Å². The molecule has 0 spiro atoms. The molecule has 1 heterocycles. The number of benzene rings is 2. The number of hydrogen-bond acceptors (Lipinski definition) is 3. The Morgan fingerprint density at radius 1 is 1.07 bits per heavy atom. The van der Waals surface area contributed by atoms with E-state index in [1.807, 2.05) is 48.5 Å². The van der Waals surface area contributed by atoms with Gasteiger partial charge in [0.2, 0.25) is 5.91 Å². The second-order valence-electron chi connectivity index (χ2n) is 7.88. The van der Waals surface area contributed by atoms with Crippen LogP contribution in [-0.4, -0.2) is 36.0 Å². The summed E-state index contributed by atoms with van der Waals surface area (Å²) in [6.45, 7) is 0. The van der Waals surface area contributed by atoms with Crippen LogP contribution >= 0.6 is 0 Å².